The number of fused-ring (bicyclic) bond motifs is 3. The van der Waals surface area contributed by atoms with Crippen molar-refractivity contribution in [1.29, 1.82) is 0 Å². The topological polar surface area (TPSA) is 92.0 Å². The van der Waals surface area contributed by atoms with Crippen molar-refractivity contribution in [3.8, 4) is 44.8 Å². The molecular weight excluding hydrogens is 821 g/mol. The van der Waals surface area contributed by atoms with E-state index in [0.29, 0.717) is 6.42 Å². The van der Waals surface area contributed by atoms with E-state index >= 15 is 0 Å². The molecule has 2 unspecified atom stereocenters. The smallest absolute Gasteiger partial charge is 0.106 e. The number of hydrogen-bond acceptors (Lipinski definition) is 6. The van der Waals surface area contributed by atoms with Crippen molar-refractivity contribution in [3.05, 3.63) is 170 Å². The molecule has 0 bridgehead atoms. The summed E-state index contributed by atoms with van der Waals surface area (Å²) in [6, 6.07) is 52.4. The summed E-state index contributed by atoms with van der Waals surface area (Å²) in [5.41, 5.74) is 10.5. The summed E-state index contributed by atoms with van der Waals surface area (Å²) in [5, 5.41) is 19.4. The van der Waals surface area contributed by atoms with Crippen LogP contribution >= 0.6 is 0 Å². The predicted molar refractivity (Wildman–Crippen MR) is 208 cm³/mol. The Kier molecular flexibility index (Phi) is 13.6. The molecule has 261 valence electrons. The monoisotopic (exact) mass is 860 g/mol. The van der Waals surface area contributed by atoms with Crippen LogP contribution in [0.1, 0.15) is 20.3 Å². The molecule has 3 aromatic heterocycles. The van der Waals surface area contributed by atoms with Crippen molar-refractivity contribution in [2.75, 3.05) is 0 Å². The molecule has 5 aromatic carbocycles. The van der Waals surface area contributed by atoms with E-state index in [1.165, 1.54) is 22.3 Å². The first-order chi connectivity index (χ1) is 25.0. The second-order valence-electron chi connectivity index (χ2n) is 12.2. The molecule has 0 aliphatic heterocycles. The number of aliphatic hydroxyl groups excluding tert-OH is 2. The standard InChI is InChI=1S/C24H16N2.C16H11N2.C5H12O2.Ir/c1-3-7-17(8-4-1)19-13-15-25-23-21(19)11-12-22-20(14-16-26-24(22)23)18-9-5-2-6-10-18;1-3-7-13(8-4-1)15-11-16(18-12-17-15)14-9-5-2-6-10-14;1-4(6)3-5(2)7;/h1-16H;1-9,11-12H;4-7H,3H2,1-2H3;/q;-1;;. The van der Waals surface area contributed by atoms with Crippen LogP contribution in [0.5, 0.6) is 0 Å². The van der Waals surface area contributed by atoms with Gasteiger partial charge in [-0.1, -0.05) is 109 Å². The molecule has 0 spiro atoms. The van der Waals surface area contributed by atoms with Crippen LogP contribution in [-0.2, 0) is 20.1 Å². The van der Waals surface area contributed by atoms with Crippen LogP contribution in [0.2, 0.25) is 0 Å². The first-order valence-corrected chi connectivity index (χ1v) is 17.0. The Morgan fingerprint density at radius 3 is 1.42 bits per heavy atom. The van der Waals surface area contributed by atoms with Gasteiger partial charge in [-0.05, 0) is 65.9 Å². The Balaban J connectivity index is 0.000000175. The summed E-state index contributed by atoms with van der Waals surface area (Å²) in [4.78, 5) is 17.9. The van der Waals surface area contributed by atoms with Gasteiger partial charge in [0.1, 0.15) is 6.33 Å². The quantitative estimate of drug-likeness (QED) is 0.128. The Morgan fingerprint density at radius 1 is 0.519 bits per heavy atom. The van der Waals surface area contributed by atoms with Crippen LogP contribution in [0.25, 0.3) is 66.6 Å². The molecule has 8 aromatic rings. The molecule has 8 rings (SSSR count). The van der Waals surface area contributed by atoms with Crippen molar-refractivity contribution in [2.45, 2.75) is 32.5 Å². The van der Waals surface area contributed by atoms with Gasteiger partial charge in [0, 0.05) is 43.3 Å². The van der Waals surface area contributed by atoms with Crippen LogP contribution in [0, 0.1) is 6.07 Å². The fourth-order valence-electron chi connectivity index (χ4n) is 5.88. The summed E-state index contributed by atoms with van der Waals surface area (Å²) in [6.45, 7) is 3.32. The Morgan fingerprint density at radius 2 is 0.981 bits per heavy atom. The second-order valence-corrected chi connectivity index (χ2v) is 12.2. The van der Waals surface area contributed by atoms with Crippen LogP contribution < -0.4 is 0 Å². The van der Waals surface area contributed by atoms with Crippen molar-refractivity contribution < 1.29 is 30.3 Å². The van der Waals surface area contributed by atoms with E-state index in [1.807, 2.05) is 85.2 Å². The first kappa shape index (κ1) is 37.8. The summed E-state index contributed by atoms with van der Waals surface area (Å²) >= 11 is 0. The molecule has 0 aliphatic carbocycles. The van der Waals surface area contributed by atoms with Crippen molar-refractivity contribution in [3.63, 3.8) is 0 Å². The summed E-state index contributed by atoms with van der Waals surface area (Å²) in [6.07, 6.45) is 5.07. The van der Waals surface area contributed by atoms with Gasteiger partial charge in [-0.15, -0.1) is 35.9 Å². The average Bonchev–Trinajstić information content (AvgIpc) is 3.19. The van der Waals surface area contributed by atoms with Crippen molar-refractivity contribution in [2.24, 2.45) is 0 Å². The number of pyridine rings is 2. The third kappa shape index (κ3) is 9.66. The van der Waals surface area contributed by atoms with Gasteiger partial charge in [0.15, 0.2) is 0 Å². The van der Waals surface area contributed by atoms with Crippen molar-refractivity contribution >= 4 is 21.8 Å². The van der Waals surface area contributed by atoms with E-state index in [1.54, 1.807) is 20.2 Å². The molecule has 2 atom stereocenters. The zero-order valence-electron chi connectivity index (χ0n) is 29.0. The van der Waals surface area contributed by atoms with Gasteiger partial charge in [-0.3, -0.25) is 15.0 Å². The van der Waals surface area contributed by atoms with Gasteiger partial charge in [0.05, 0.1) is 28.9 Å². The van der Waals surface area contributed by atoms with Crippen LogP contribution in [0.3, 0.4) is 0 Å². The van der Waals surface area contributed by atoms with Gasteiger partial charge in [-0.25, -0.2) is 4.98 Å². The summed E-state index contributed by atoms with van der Waals surface area (Å²) in [7, 11) is 0. The minimum atomic E-state index is -0.375. The largest absolute Gasteiger partial charge is 0.393 e. The van der Waals surface area contributed by atoms with Crippen LogP contribution in [0.15, 0.2) is 164 Å². The van der Waals surface area contributed by atoms with E-state index in [0.717, 1.165) is 44.3 Å². The number of benzene rings is 5. The molecule has 7 heteroatoms. The molecule has 52 heavy (non-hydrogen) atoms. The number of nitrogens with zero attached hydrogens (tertiary/aromatic N) is 4. The van der Waals surface area contributed by atoms with E-state index in [4.69, 9.17) is 10.2 Å². The zero-order chi connectivity index (χ0) is 35.4. The maximum atomic E-state index is 8.56. The molecule has 0 fully saturated rings. The Bertz CT molecular complexity index is 2130. The second kappa shape index (κ2) is 18.7. The number of rotatable bonds is 6. The SMILES string of the molecule is CC(O)CC(C)O.[Ir].[c-]1ccccc1-c1cc(-c2ccccc2)ncn1.c1ccc(-c2ccnc3c2ccc2c(-c4ccccc4)ccnc23)cc1. The fraction of sp³-hybridized carbons (Fsp3) is 0.111. The van der Waals surface area contributed by atoms with Gasteiger partial charge < -0.3 is 10.2 Å². The first-order valence-electron chi connectivity index (χ1n) is 17.0. The van der Waals surface area contributed by atoms with E-state index in [2.05, 4.69) is 98.8 Å². The molecule has 3 heterocycles. The van der Waals surface area contributed by atoms with Gasteiger partial charge in [-0.2, -0.15) is 0 Å². The third-order valence-corrected chi connectivity index (χ3v) is 8.19. The van der Waals surface area contributed by atoms with Crippen LogP contribution in [0.4, 0.5) is 0 Å². The zero-order valence-corrected chi connectivity index (χ0v) is 31.4. The molecule has 0 saturated heterocycles. The average molecular weight is 860 g/mol. The van der Waals surface area contributed by atoms with E-state index < -0.39 is 0 Å². The van der Waals surface area contributed by atoms with Crippen molar-refractivity contribution in [1.82, 2.24) is 19.9 Å². The minimum absolute atomic E-state index is 0. The summed E-state index contributed by atoms with van der Waals surface area (Å²) < 4.78 is 0. The van der Waals surface area contributed by atoms with Gasteiger partial charge >= 0.3 is 0 Å². The van der Waals surface area contributed by atoms with Crippen LogP contribution in [-0.4, -0.2) is 42.4 Å². The maximum absolute atomic E-state index is 8.56. The molecule has 1 radical (unpaired) electrons. The molecular formula is C45H39IrN4O2-. The third-order valence-electron chi connectivity index (χ3n) is 8.19. The molecule has 6 nitrogen and oxygen atoms in total. The number of hydrogen-bond donors (Lipinski definition) is 2. The minimum Gasteiger partial charge on any atom is -0.393 e. The Hall–Kier alpha value is -5.43. The molecule has 2 N–H and O–H groups in total. The van der Waals surface area contributed by atoms with E-state index in [-0.39, 0.29) is 32.3 Å². The van der Waals surface area contributed by atoms with Gasteiger partial charge in [0.25, 0.3) is 0 Å². The molecule has 0 aliphatic rings. The Labute approximate surface area is 318 Å². The normalized spacial score (nSPS) is 11.6. The number of aromatic nitrogens is 4. The molecule has 0 saturated carbocycles. The van der Waals surface area contributed by atoms with Gasteiger partial charge in [0.2, 0.25) is 0 Å². The van der Waals surface area contributed by atoms with E-state index in [9.17, 15) is 0 Å². The fourth-order valence-corrected chi connectivity index (χ4v) is 5.88. The number of aliphatic hydroxyl groups is 2. The molecule has 0 amide bonds. The summed E-state index contributed by atoms with van der Waals surface area (Å²) in [5.74, 6) is 0. The maximum Gasteiger partial charge on any atom is 0.106 e. The predicted octanol–water partition coefficient (Wildman–Crippen LogP) is 9.86.